The van der Waals surface area contributed by atoms with E-state index < -0.39 is 0 Å². The Balaban J connectivity index is 1.91. The van der Waals surface area contributed by atoms with Crippen molar-refractivity contribution < 1.29 is 14.3 Å². The maximum Gasteiger partial charge on any atom is 0.306 e. The number of hydrogen-bond acceptors (Lipinski definition) is 3. The summed E-state index contributed by atoms with van der Waals surface area (Å²) in [6.07, 6.45) is 0.860. The average molecular weight is 267 g/mol. The van der Waals surface area contributed by atoms with E-state index in [0.29, 0.717) is 43.2 Å². The summed E-state index contributed by atoms with van der Waals surface area (Å²) < 4.78 is 4.92. The minimum absolute atomic E-state index is 0.0888. The van der Waals surface area contributed by atoms with Gasteiger partial charge in [0.2, 0.25) is 5.91 Å². The molecule has 0 aliphatic carbocycles. The summed E-state index contributed by atoms with van der Waals surface area (Å²) in [6, 6.07) is 0.366. The van der Waals surface area contributed by atoms with Crippen molar-refractivity contribution in [3.8, 4) is 0 Å². The second-order valence-electron chi connectivity index (χ2n) is 6.65. The van der Waals surface area contributed by atoms with Gasteiger partial charge in [-0.2, -0.15) is 0 Å². The highest BCUT2D eigenvalue weighted by molar-refractivity contribution is 5.79. The molecule has 108 valence electrons. The lowest BCUT2D eigenvalue weighted by Crippen LogP contribution is -2.62. The van der Waals surface area contributed by atoms with Crippen LogP contribution in [0.25, 0.3) is 0 Å². The first kappa shape index (κ1) is 14.4. The van der Waals surface area contributed by atoms with Crippen LogP contribution in [0.15, 0.2) is 0 Å². The predicted octanol–water partition coefficient (Wildman–Crippen LogP) is 2.08. The van der Waals surface area contributed by atoms with Crippen molar-refractivity contribution in [2.75, 3.05) is 13.2 Å². The standard InChI is InChI=1S/C15H25NO3/c1-9(2)12-7-16(15(12)10(3)4)13(17)5-11-6-14(18)19-8-11/h9-12,15H,5-8H2,1-4H3/t11-,12-,15-/m0/s1. The van der Waals surface area contributed by atoms with Crippen molar-refractivity contribution in [2.24, 2.45) is 23.7 Å². The zero-order chi connectivity index (χ0) is 14.2. The highest BCUT2D eigenvalue weighted by Gasteiger charge is 2.45. The number of hydrogen-bond donors (Lipinski definition) is 0. The number of nitrogens with zero attached hydrogens (tertiary/aromatic N) is 1. The van der Waals surface area contributed by atoms with Gasteiger partial charge in [-0.1, -0.05) is 27.7 Å². The first-order chi connectivity index (χ1) is 8.90. The molecule has 0 spiro atoms. The lowest BCUT2D eigenvalue weighted by Gasteiger charge is -2.52. The van der Waals surface area contributed by atoms with Gasteiger partial charge in [0.1, 0.15) is 0 Å². The molecule has 2 fully saturated rings. The van der Waals surface area contributed by atoms with Gasteiger partial charge in [-0.05, 0) is 17.8 Å². The van der Waals surface area contributed by atoms with Crippen molar-refractivity contribution >= 4 is 11.9 Å². The number of amides is 1. The minimum atomic E-state index is -0.165. The lowest BCUT2D eigenvalue weighted by atomic mass is 9.74. The molecule has 0 radical (unpaired) electrons. The summed E-state index contributed by atoms with van der Waals surface area (Å²) in [6.45, 7) is 10.1. The Morgan fingerprint density at radius 1 is 1.32 bits per heavy atom. The van der Waals surface area contributed by atoms with E-state index in [1.165, 1.54) is 0 Å². The fourth-order valence-corrected chi connectivity index (χ4v) is 3.34. The molecule has 2 heterocycles. The van der Waals surface area contributed by atoms with Crippen molar-refractivity contribution in [3.05, 3.63) is 0 Å². The zero-order valence-electron chi connectivity index (χ0n) is 12.4. The third-order valence-electron chi connectivity index (χ3n) is 4.46. The highest BCUT2D eigenvalue weighted by atomic mass is 16.5. The van der Waals surface area contributed by atoms with Gasteiger partial charge in [-0.3, -0.25) is 9.59 Å². The second-order valence-corrected chi connectivity index (χ2v) is 6.65. The number of cyclic esters (lactones) is 1. The van der Waals surface area contributed by atoms with E-state index in [1.807, 2.05) is 4.90 Å². The van der Waals surface area contributed by atoms with E-state index in [-0.39, 0.29) is 17.8 Å². The largest absolute Gasteiger partial charge is 0.465 e. The summed E-state index contributed by atoms with van der Waals surface area (Å²) in [7, 11) is 0. The Hall–Kier alpha value is -1.06. The van der Waals surface area contributed by atoms with Crippen LogP contribution < -0.4 is 0 Å². The molecule has 3 atom stereocenters. The van der Waals surface area contributed by atoms with Gasteiger partial charge < -0.3 is 9.64 Å². The van der Waals surface area contributed by atoms with Gasteiger partial charge >= 0.3 is 5.97 Å². The molecular formula is C15H25NO3. The zero-order valence-corrected chi connectivity index (χ0v) is 12.4. The van der Waals surface area contributed by atoms with Crippen molar-refractivity contribution in [2.45, 2.75) is 46.6 Å². The molecule has 0 aromatic rings. The van der Waals surface area contributed by atoms with Crippen LogP contribution in [-0.2, 0) is 14.3 Å². The number of rotatable bonds is 4. The van der Waals surface area contributed by atoms with Crippen LogP contribution in [0.1, 0.15) is 40.5 Å². The smallest absolute Gasteiger partial charge is 0.306 e. The molecule has 0 N–H and O–H groups in total. The summed E-state index contributed by atoms with van der Waals surface area (Å²) in [4.78, 5) is 25.4. The third-order valence-corrected chi connectivity index (χ3v) is 4.46. The lowest BCUT2D eigenvalue weighted by molar-refractivity contribution is -0.150. The third kappa shape index (κ3) is 2.93. The van der Waals surface area contributed by atoms with Crippen LogP contribution in [0.2, 0.25) is 0 Å². The molecule has 19 heavy (non-hydrogen) atoms. The monoisotopic (exact) mass is 267 g/mol. The minimum Gasteiger partial charge on any atom is -0.465 e. The SMILES string of the molecule is CC(C)[C@@H]1CN(C(=O)C[C@@H]2COC(=O)C2)[C@H]1C(C)C. The molecular weight excluding hydrogens is 242 g/mol. The fourth-order valence-electron chi connectivity index (χ4n) is 3.34. The highest BCUT2D eigenvalue weighted by Crippen LogP contribution is 2.36. The number of carbonyl (C=O) groups is 2. The molecule has 2 saturated heterocycles. The molecule has 4 heteroatoms. The van der Waals surface area contributed by atoms with Crippen LogP contribution in [0.4, 0.5) is 0 Å². The van der Waals surface area contributed by atoms with E-state index in [0.717, 1.165) is 6.54 Å². The number of carbonyl (C=O) groups excluding carboxylic acids is 2. The maximum absolute atomic E-state index is 12.3. The van der Waals surface area contributed by atoms with Crippen molar-refractivity contribution in [1.29, 1.82) is 0 Å². The van der Waals surface area contributed by atoms with Gasteiger partial charge in [-0.25, -0.2) is 0 Å². The van der Waals surface area contributed by atoms with Crippen LogP contribution in [-0.4, -0.2) is 36.0 Å². The molecule has 2 rings (SSSR count). The van der Waals surface area contributed by atoms with Gasteiger partial charge in [0.15, 0.2) is 0 Å². The molecule has 4 nitrogen and oxygen atoms in total. The van der Waals surface area contributed by atoms with Gasteiger partial charge in [0.25, 0.3) is 0 Å². The molecule has 0 saturated carbocycles. The first-order valence-electron chi connectivity index (χ1n) is 7.35. The Morgan fingerprint density at radius 2 is 2.00 bits per heavy atom. The van der Waals surface area contributed by atoms with Gasteiger partial charge in [-0.15, -0.1) is 0 Å². The van der Waals surface area contributed by atoms with Crippen LogP contribution >= 0.6 is 0 Å². The molecule has 2 aliphatic heterocycles. The van der Waals surface area contributed by atoms with Crippen molar-refractivity contribution in [3.63, 3.8) is 0 Å². The molecule has 2 aliphatic rings. The summed E-state index contributed by atoms with van der Waals surface area (Å²) in [5.74, 6) is 1.84. The number of likely N-dealkylation sites (tertiary alicyclic amines) is 1. The summed E-state index contributed by atoms with van der Waals surface area (Å²) in [5, 5.41) is 0. The van der Waals surface area contributed by atoms with Crippen LogP contribution in [0, 0.1) is 23.7 Å². The van der Waals surface area contributed by atoms with Crippen LogP contribution in [0.5, 0.6) is 0 Å². The summed E-state index contributed by atoms with van der Waals surface area (Å²) in [5.41, 5.74) is 0. The van der Waals surface area contributed by atoms with Crippen LogP contribution in [0.3, 0.4) is 0 Å². The van der Waals surface area contributed by atoms with Gasteiger partial charge in [0, 0.05) is 24.9 Å². The Labute approximate surface area is 115 Å². The Kier molecular flexibility index (Phi) is 4.16. The molecule has 0 aromatic carbocycles. The predicted molar refractivity (Wildman–Crippen MR) is 72.4 cm³/mol. The van der Waals surface area contributed by atoms with E-state index in [9.17, 15) is 9.59 Å². The Bertz CT molecular complexity index is 364. The quantitative estimate of drug-likeness (QED) is 0.733. The molecule has 0 bridgehead atoms. The maximum atomic E-state index is 12.3. The number of esters is 1. The molecule has 0 unspecified atom stereocenters. The van der Waals surface area contributed by atoms with Crippen molar-refractivity contribution in [1.82, 2.24) is 4.90 Å². The molecule has 1 amide bonds. The number of ether oxygens (including phenoxy) is 1. The van der Waals surface area contributed by atoms with E-state index >= 15 is 0 Å². The second kappa shape index (κ2) is 5.51. The van der Waals surface area contributed by atoms with E-state index in [1.54, 1.807) is 0 Å². The fraction of sp³-hybridized carbons (Fsp3) is 0.867. The topological polar surface area (TPSA) is 46.6 Å². The van der Waals surface area contributed by atoms with E-state index in [2.05, 4.69) is 27.7 Å². The Morgan fingerprint density at radius 3 is 2.47 bits per heavy atom. The first-order valence-corrected chi connectivity index (χ1v) is 7.35. The normalized spacial score (nSPS) is 30.7. The summed E-state index contributed by atoms with van der Waals surface area (Å²) >= 11 is 0. The average Bonchev–Trinajstić information content (AvgIpc) is 2.60. The van der Waals surface area contributed by atoms with E-state index in [4.69, 9.17) is 4.74 Å². The molecule has 0 aromatic heterocycles. The van der Waals surface area contributed by atoms with Gasteiger partial charge in [0.05, 0.1) is 13.0 Å².